The van der Waals surface area contributed by atoms with Gasteiger partial charge in [0.15, 0.2) is 0 Å². The van der Waals surface area contributed by atoms with E-state index in [4.69, 9.17) is 5.73 Å². The quantitative estimate of drug-likeness (QED) is 0.878. The summed E-state index contributed by atoms with van der Waals surface area (Å²) in [5.41, 5.74) is 6.82. The van der Waals surface area contributed by atoms with Gasteiger partial charge < -0.3 is 10.6 Å². The van der Waals surface area contributed by atoms with Crippen LogP contribution in [0.1, 0.15) is 51.0 Å². The number of halogens is 2. The second-order valence-electron chi connectivity index (χ2n) is 7.87. The van der Waals surface area contributed by atoms with Gasteiger partial charge in [0.2, 0.25) is 5.91 Å². The zero-order chi connectivity index (χ0) is 17.2. The Balaban J connectivity index is 0.00000225. The van der Waals surface area contributed by atoms with Crippen LogP contribution in [0.2, 0.25) is 0 Å². The van der Waals surface area contributed by atoms with Gasteiger partial charge in [-0.2, -0.15) is 0 Å². The predicted octanol–water partition coefficient (Wildman–Crippen LogP) is 3.94. The largest absolute Gasteiger partial charge is 0.342 e. The van der Waals surface area contributed by atoms with Crippen molar-refractivity contribution in [3.8, 4) is 0 Å². The van der Waals surface area contributed by atoms with Gasteiger partial charge in [-0.1, -0.05) is 31.0 Å². The third-order valence-electron chi connectivity index (χ3n) is 5.95. The molecule has 2 unspecified atom stereocenters. The normalized spacial score (nSPS) is 27.6. The van der Waals surface area contributed by atoms with E-state index >= 15 is 0 Å². The summed E-state index contributed by atoms with van der Waals surface area (Å²) in [6, 6.07) is 7.02. The number of rotatable bonds is 3. The van der Waals surface area contributed by atoms with E-state index in [9.17, 15) is 9.18 Å². The molecular formula is C20H30ClFN2O. The number of likely N-dealkylation sites (tertiary alicyclic amines) is 1. The Labute approximate surface area is 156 Å². The molecule has 0 bridgehead atoms. The molecule has 25 heavy (non-hydrogen) atoms. The van der Waals surface area contributed by atoms with Crippen molar-refractivity contribution < 1.29 is 9.18 Å². The van der Waals surface area contributed by atoms with E-state index < -0.39 is 0 Å². The molecule has 2 aliphatic rings. The summed E-state index contributed by atoms with van der Waals surface area (Å²) in [6.45, 7) is 3.59. The van der Waals surface area contributed by atoms with Gasteiger partial charge in [-0.3, -0.25) is 4.79 Å². The lowest BCUT2D eigenvalue weighted by Crippen LogP contribution is -2.54. The molecule has 1 saturated carbocycles. The minimum atomic E-state index is -0.362. The lowest BCUT2D eigenvalue weighted by atomic mass is 9.73. The summed E-state index contributed by atoms with van der Waals surface area (Å²) in [6.07, 6.45) is 6.76. The molecule has 1 aromatic carbocycles. The maximum atomic E-state index is 13.8. The lowest BCUT2D eigenvalue weighted by Gasteiger charge is -2.41. The molecule has 1 saturated heterocycles. The van der Waals surface area contributed by atoms with Gasteiger partial charge in [-0.05, 0) is 56.6 Å². The summed E-state index contributed by atoms with van der Waals surface area (Å²) < 4.78 is 13.8. The van der Waals surface area contributed by atoms with Gasteiger partial charge in [0.05, 0.1) is 5.92 Å². The van der Waals surface area contributed by atoms with Crippen LogP contribution in [0, 0.1) is 17.7 Å². The van der Waals surface area contributed by atoms with Crippen molar-refractivity contribution >= 4 is 18.3 Å². The Bertz CT molecular complexity index is 585. The SMILES string of the molecule is CC1(N)CCCCC1C(=O)N1CCC(Cc2ccccc2F)CC1.Cl. The van der Waals surface area contributed by atoms with Crippen molar-refractivity contribution in [2.45, 2.75) is 57.4 Å². The van der Waals surface area contributed by atoms with E-state index in [1.54, 1.807) is 6.07 Å². The minimum absolute atomic E-state index is 0. The zero-order valence-electron chi connectivity index (χ0n) is 15.0. The maximum absolute atomic E-state index is 13.8. The highest BCUT2D eigenvalue weighted by Gasteiger charge is 2.40. The molecule has 0 radical (unpaired) electrons. The van der Waals surface area contributed by atoms with Crippen molar-refractivity contribution in [2.24, 2.45) is 17.6 Å². The second-order valence-corrected chi connectivity index (χ2v) is 7.87. The molecule has 1 aliphatic carbocycles. The molecule has 2 fully saturated rings. The molecule has 0 aromatic heterocycles. The number of piperidine rings is 1. The smallest absolute Gasteiger partial charge is 0.227 e. The van der Waals surface area contributed by atoms with Crippen LogP contribution in [0.3, 0.4) is 0 Å². The highest BCUT2D eigenvalue weighted by atomic mass is 35.5. The van der Waals surface area contributed by atoms with Gasteiger partial charge in [0, 0.05) is 18.6 Å². The number of hydrogen-bond donors (Lipinski definition) is 1. The van der Waals surface area contributed by atoms with Crippen LogP contribution in [0.4, 0.5) is 4.39 Å². The molecule has 1 aliphatic heterocycles. The maximum Gasteiger partial charge on any atom is 0.227 e. The van der Waals surface area contributed by atoms with Crippen LogP contribution in [-0.4, -0.2) is 29.4 Å². The van der Waals surface area contributed by atoms with Crippen LogP contribution < -0.4 is 5.73 Å². The Morgan fingerprint density at radius 2 is 1.92 bits per heavy atom. The molecule has 1 amide bonds. The number of amides is 1. The fourth-order valence-electron chi connectivity index (χ4n) is 4.32. The van der Waals surface area contributed by atoms with Gasteiger partial charge >= 0.3 is 0 Å². The van der Waals surface area contributed by atoms with E-state index in [2.05, 4.69) is 0 Å². The minimum Gasteiger partial charge on any atom is -0.342 e. The summed E-state index contributed by atoms with van der Waals surface area (Å²) in [4.78, 5) is 14.9. The first-order valence-electron chi connectivity index (χ1n) is 9.28. The van der Waals surface area contributed by atoms with Crippen LogP contribution in [0.5, 0.6) is 0 Å². The van der Waals surface area contributed by atoms with E-state index in [0.29, 0.717) is 5.92 Å². The number of hydrogen-bond acceptors (Lipinski definition) is 2. The fourth-order valence-corrected chi connectivity index (χ4v) is 4.32. The highest BCUT2D eigenvalue weighted by molar-refractivity contribution is 5.85. The number of nitrogens with two attached hydrogens (primary N) is 1. The number of carbonyl (C=O) groups is 1. The Morgan fingerprint density at radius 3 is 2.56 bits per heavy atom. The third kappa shape index (κ3) is 4.73. The number of nitrogens with zero attached hydrogens (tertiary/aromatic N) is 1. The average Bonchev–Trinajstić information content (AvgIpc) is 2.57. The van der Waals surface area contributed by atoms with Crippen molar-refractivity contribution in [3.63, 3.8) is 0 Å². The van der Waals surface area contributed by atoms with Crippen molar-refractivity contribution in [2.75, 3.05) is 13.1 Å². The van der Waals surface area contributed by atoms with E-state index in [-0.39, 0.29) is 35.6 Å². The zero-order valence-corrected chi connectivity index (χ0v) is 15.9. The Hall–Kier alpha value is -1.13. The highest BCUT2D eigenvalue weighted by Crippen LogP contribution is 2.34. The molecule has 2 atom stereocenters. The van der Waals surface area contributed by atoms with E-state index in [1.807, 2.05) is 24.0 Å². The molecule has 3 nitrogen and oxygen atoms in total. The third-order valence-corrected chi connectivity index (χ3v) is 5.95. The fraction of sp³-hybridized carbons (Fsp3) is 0.650. The molecule has 140 valence electrons. The van der Waals surface area contributed by atoms with Crippen LogP contribution in [0.25, 0.3) is 0 Å². The molecule has 3 rings (SSSR count). The monoisotopic (exact) mass is 368 g/mol. The number of carbonyl (C=O) groups excluding carboxylic acids is 1. The van der Waals surface area contributed by atoms with Crippen molar-refractivity contribution in [3.05, 3.63) is 35.6 Å². The standard InChI is InChI=1S/C20H29FN2O.ClH/c1-20(22)11-5-4-7-17(20)19(24)23-12-9-15(10-13-23)14-16-6-2-3-8-18(16)21;/h2-3,6,8,15,17H,4-5,7,9-14,22H2,1H3;1H. The number of benzene rings is 1. The molecule has 1 heterocycles. The Kier molecular flexibility index (Phi) is 6.86. The first-order chi connectivity index (χ1) is 11.5. The summed E-state index contributed by atoms with van der Waals surface area (Å²) in [7, 11) is 0. The first kappa shape index (κ1) is 20.2. The lowest BCUT2D eigenvalue weighted by molar-refractivity contribution is -0.140. The van der Waals surface area contributed by atoms with Crippen molar-refractivity contribution in [1.82, 2.24) is 4.90 Å². The Morgan fingerprint density at radius 1 is 1.24 bits per heavy atom. The second kappa shape index (κ2) is 8.50. The van der Waals surface area contributed by atoms with E-state index in [0.717, 1.165) is 63.6 Å². The van der Waals surface area contributed by atoms with Gasteiger partial charge in [0.1, 0.15) is 5.82 Å². The summed E-state index contributed by atoms with van der Waals surface area (Å²) in [5.74, 6) is 0.553. The molecule has 0 spiro atoms. The van der Waals surface area contributed by atoms with Crippen LogP contribution in [-0.2, 0) is 11.2 Å². The molecule has 2 N–H and O–H groups in total. The van der Waals surface area contributed by atoms with Gasteiger partial charge in [0.25, 0.3) is 0 Å². The average molecular weight is 369 g/mol. The first-order valence-corrected chi connectivity index (χ1v) is 9.28. The molecule has 5 heteroatoms. The van der Waals surface area contributed by atoms with Gasteiger partial charge in [-0.15, -0.1) is 12.4 Å². The molecule has 1 aromatic rings. The topological polar surface area (TPSA) is 46.3 Å². The molecular weight excluding hydrogens is 339 g/mol. The summed E-state index contributed by atoms with van der Waals surface area (Å²) in [5, 5.41) is 0. The summed E-state index contributed by atoms with van der Waals surface area (Å²) >= 11 is 0. The van der Waals surface area contributed by atoms with Crippen LogP contribution in [0.15, 0.2) is 24.3 Å². The van der Waals surface area contributed by atoms with Crippen LogP contribution >= 0.6 is 12.4 Å². The van der Waals surface area contributed by atoms with Gasteiger partial charge in [-0.25, -0.2) is 4.39 Å². The predicted molar refractivity (Wildman–Crippen MR) is 101 cm³/mol. The van der Waals surface area contributed by atoms with E-state index in [1.165, 1.54) is 6.07 Å². The van der Waals surface area contributed by atoms with Crippen molar-refractivity contribution in [1.29, 1.82) is 0 Å².